The molecule has 1 heterocycles. The fourth-order valence-corrected chi connectivity index (χ4v) is 3.05. The van der Waals surface area contributed by atoms with Crippen molar-refractivity contribution in [3.63, 3.8) is 0 Å². The molecule has 0 aromatic heterocycles. The fraction of sp³-hybridized carbons (Fsp3) is 0.588. The van der Waals surface area contributed by atoms with Crippen LogP contribution in [0.4, 0.5) is 0 Å². The smallest absolute Gasteiger partial charge is 0.255 e. The van der Waals surface area contributed by atoms with E-state index in [1.165, 1.54) is 6.42 Å². The van der Waals surface area contributed by atoms with E-state index >= 15 is 0 Å². The maximum Gasteiger partial charge on any atom is 0.255 e. The second kappa shape index (κ2) is 7.28. The first kappa shape index (κ1) is 16.3. The van der Waals surface area contributed by atoms with Crippen molar-refractivity contribution in [3.8, 4) is 0 Å². The van der Waals surface area contributed by atoms with Crippen LogP contribution in [0.25, 0.3) is 0 Å². The minimum atomic E-state index is 0.0473. The van der Waals surface area contributed by atoms with Gasteiger partial charge in [0, 0.05) is 19.1 Å². The highest BCUT2D eigenvalue weighted by molar-refractivity contribution is 6.34. The molecule has 3 nitrogen and oxygen atoms in total. The van der Waals surface area contributed by atoms with Gasteiger partial charge in [-0.25, -0.2) is 0 Å². The van der Waals surface area contributed by atoms with Crippen molar-refractivity contribution in [2.24, 2.45) is 5.92 Å². The molecule has 1 fully saturated rings. The van der Waals surface area contributed by atoms with E-state index in [4.69, 9.17) is 11.6 Å². The molecule has 1 saturated heterocycles. The Morgan fingerprint density at radius 3 is 2.86 bits per heavy atom. The lowest BCUT2D eigenvalue weighted by Crippen LogP contribution is -2.43. The van der Waals surface area contributed by atoms with E-state index < -0.39 is 0 Å². The molecule has 21 heavy (non-hydrogen) atoms. The highest BCUT2D eigenvalue weighted by Crippen LogP contribution is 2.22. The van der Waals surface area contributed by atoms with Gasteiger partial charge >= 0.3 is 0 Å². The molecule has 0 saturated carbocycles. The third kappa shape index (κ3) is 4.21. The highest BCUT2D eigenvalue weighted by Gasteiger charge is 2.24. The number of amides is 1. The zero-order valence-corrected chi connectivity index (χ0v) is 13.9. The van der Waals surface area contributed by atoms with Crippen molar-refractivity contribution in [2.45, 2.75) is 39.7 Å². The third-order valence-electron chi connectivity index (χ3n) is 3.90. The lowest BCUT2D eigenvalue weighted by atomic mass is 10.1. The molecule has 0 spiro atoms. The predicted octanol–water partition coefficient (Wildman–Crippen LogP) is 3.50. The molecule has 1 atom stereocenters. The van der Waals surface area contributed by atoms with Crippen LogP contribution in [0.3, 0.4) is 0 Å². The Labute approximate surface area is 132 Å². The molecule has 1 amide bonds. The summed E-state index contributed by atoms with van der Waals surface area (Å²) in [7, 11) is 0. The molecule has 2 rings (SSSR count). The molecule has 1 aromatic carbocycles. The van der Waals surface area contributed by atoms with Crippen LogP contribution in [0.1, 0.15) is 42.6 Å². The van der Waals surface area contributed by atoms with Crippen LogP contribution in [0, 0.1) is 12.8 Å². The van der Waals surface area contributed by atoms with Gasteiger partial charge in [-0.1, -0.05) is 37.6 Å². The molecule has 1 aliphatic rings. The first-order valence-corrected chi connectivity index (χ1v) is 8.14. The summed E-state index contributed by atoms with van der Waals surface area (Å²) in [5.74, 6) is 0.491. The van der Waals surface area contributed by atoms with Crippen LogP contribution < -0.4 is 5.32 Å². The van der Waals surface area contributed by atoms with Crippen LogP contribution in [-0.4, -0.2) is 36.5 Å². The molecule has 1 aliphatic heterocycles. The van der Waals surface area contributed by atoms with Gasteiger partial charge in [-0.05, 0) is 43.9 Å². The van der Waals surface area contributed by atoms with Crippen molar-refractivity contribution >= 4 is 17.5 Å². The van der Waals surface area contributed by atoms with Gasteiger partial charge in [0.1, 0.15) is 0 Å². The standard InChI is InChI=1S/C17H25ClN2O/c1-12(2)10-20(11-14-7-5-9-19-14)17(21)15-8-4-6-13(3)16(15)18/h4,6,8,12,14,19H,5,7,9-11H2,1-3H3. The normalized spacial score (nSPS) is 18.2. The van der Waals surface area contributed by atoms with E-state index in [1.54, 1.807) is 0 Å². The SMILES string of the molecule is Cc1cccc(C(=O)N(CC(C)C)CC2CCCN2)c1Cl. The lowest BCUT2D eigenvalue weighted by Gasteiger charge is -2.28. The largest absolute Gasteiger partial charge is 0.337 e. The summed E-state index contributed by atoms with van der Waals surface area (Å²) in [6.07, 6.45) is 2.34. The molecule has 116 valence electrons. The van der Waals surface area contributed by atoms with Gasteiger partial charge in [-0.15, -0.1) is 0 Å². The number of carbonyl (C=O) groups is 1. The molecule has 1 unspecified atom stereocenters. The number of rotatable bonds is 5. The Balaban J connectivity index is 2.18. The zero-order chi connectivity index (χ0) is 15.4. The van der Waals surface area contributed by atoms with Gasteiger partial charge in [0.2, 0.25) is 0 Å². The van der Waals surface area contributed by atoms with Gasteiger partial charge in [0.05, 0.1) is 10.6 Å². The summed E-state index contributed by atoms with van der Waals surface area (Å²) >= 11 is 6.32. The number of carbonyl (C=O) groups excluding carboxylic acids is 1. The Hall–Kier alpha value is -1.06. The molecule has 0 aliphatic carbocycles. The first-order valence-electron chi connectivity index (χ1n) is 7.76. The molecule has 1 N–H and O–H groups in total. The van der Waals surface area contributed by atoms with Gasteiger partial charge in [0.25, 0.3) is 5.91 Å². The maximum atomic E-state index is 12.9. The topological polar surface area (TPSA) is 32.3 Å². The summed E-state index contributed by atoms with van der Waals surface area (Å²) in [6.45, 7) is 8.80. The lowest BCUT2D eigenvalue weighted by molar-refractivity contribution is 0.0721. The number of hydrogen-bond acceptors (Lipinski definition) is 2. The summed E-state index contributed by atoms with van der Waals surface area (Å²) in [6, 6.07) is 6.07. The Morgan fingerprint density at radius 1 is 1.48 bits per heavy atom. The van der Waals surface area contributed by atoms with Crippen LogP contribution in [0.5, 0.6) is 0 Å². The summed E-state index contributed by atoms with van der Waals surface area (Å²) in [5.41, 5.74) is 1.57. The van der Waals surface area contributed by atoms with Crippen molar-refractivity contribution in [1.29, 1.82) is 0 Å². The highest BCUT2D eigenvalue weighted by atomic mass is 35.5. The maximum absolute atomic E-state index is 12.9. The second-order valence-electron chi connectivity index (χ2n) is 6.33. The van der Waals surface area contributed by atoms with Gasteiger partial charge in [-0.3, -0.25) is 4.79 Å². The summed E-state index contributed by atoms with van der Waals surface area (Å²) in [4.78, 5) is 14.8. The molecule has 0 radical (unpaired) electrons. The number of nitrogens with one attached hydrogen (secondary N) is 1. The number of aryl methyl sites for hydroxylation is 1. The molecular formula is C17H25ClN2O. The first-order chi connectivity index (χ1) is 9.99. The number of halogens is 1. The number of benzene rings is 1. The average molecular weight is 309 g/mol. The van der Waals surface area contributed by atoms with Crippen LogP contribution >= 0.6 is 11.6 Å². The predicted molar refractivity (Wildman–Crippen MR) is 88.0 cm³/mol. The monoisotopic (exact) mass is 308 g/mol. The van der Waals surface area contributed by atoms with E-state index in [1.807, 2.05) is 30.0 Å². The van der Waals surface area contributed by atoms with Gasteiger partial charge in [0.15, 0.2) is 0 Å². The zero-order valence-electron chi connectivity index (χ0n) is 13.2. The van der Waals surface area contributed by atoms with Crippen LogP contribution in [-0.2, 0) is 0 Å². The Morgan fingerprint density at radius 2 is 2.24 bits per heavy atom. The molecule has 0 bridgehead atoms. The average Bonchev–Trinajstić information content (AvgIpc) is 2.93. The van der Waals surface area contributed by atoms with Crippen molar-refractivity contribution < 1.29 is 4.79 Å². The molecule has 4 heteroatoms. The molecule has 1 aromatic rings. The summed E-state index contributed by atoms with van der Waals surface area (Å²) in [5, 5.41) is 4.05. The summed E-state index contributed by atoms with van der Waals surface area (Å²) < 4.78 is 0. The number of hydrogen-bond donors (Lipinski definition) is 1. The van der Waals surface area contributed by atoms with Crippen LogP contribution in [0.15, 0.2) is 18.2 Å². The minimum absolute atomic E-state index is 0.0473. The van der Waals surface area contributed by atoms with Crippen molar-refractivity contribution in [1.82, 2.24) is 10.2 Å². The van der Waals surface area contributed by atoms with E-state index in [2.05, 4.69) is 19.2 Å². The minimum Gasteiger partial charge on any atom is -0.337 e. The number of nitrogens with zero attached hydrogens (tertiary/aromatic N) is 1. The van der Waals surface area contributed by atoms with E-state index in [0.29, 0.717) is 22.5 Å². The Bertz CT molecular complexity index is 496. The van der Waals surface area contributed by atoms with E-state index in [-0.39, 0.29) is 5.91 Å². The molecular weight excluding hydrogens is 284 g/mol. The Kier molecular flexibility index (Phi) is 5.65. The third-order valence-corrected chi connectivity index (χ3v) is 4.40. The quantitative estimate of drug-likeness (QED) is 0.903. The second-order valence-corrected chi connectivity index (χ2v) is 6.71. The van der Waals surface area contributed by atoms with Crippen LogP contribution in [0.2, 0.25) is 5.02 Å². The van der Waals surface area contributed by atoms with Crippen molar-refractivity contribution in [3.05, 3.63) is 34.3 Å². The van der Waals surface area contributed by atoms with Crippen molar-refractivity contribution in [2.75, 3.05) is 19.6 Å². The van der Waals surface area contributed by atoms with E-state index in [0.717, 1.165) is 31.6 Å². The van der Waals surface area contributed by atoms with Gasteiger partial charge < -0.3 is 10.2 Å². The van der Waals surface area contributed by atoms with Gasteiger partial charge in [-0.2, -0.15) is 0 Å². The fourth-order valence-electron chi connectivity index (χ4n) is 2.84. The van der Waals surface area contributed by atoms with E-state index in [9.17, 15) is 4.79 Å².